The fraction of sp³-hybridized carbons (Fsp3) is 0.650. The molecular formula is C20H31N3O. The number of nitrogens with zero attached hydrogens (tertiary/aromatic N) is 2. The van der Waals surface area contributed by atoms with Crippen molar-refractivity contribution in [3.63, 3.8) is 0 Å². The van der Waals surface area contributed by atoms with Crippen LogP contribution in [0.2, 0.25) is 0 Å². The monoisotopic (exact) mass is 329 g/mol. The maximum Gasteiger partial charge on any atom is 0.223 e. The Morgan fingerprint density at radius 2 is 1.83 bits per heavy atom. The molecule has 0 spiro atoms. The Labute approximate surface area is 146 Å². The lowest BCUT2D eigenvalue weighted by Gasteiger charge is -2.35. The average molecular weight is 329 g/mol. The van der Waals surface area contributed by atoms with E-state index in [0.717, 1.165) is 39.1 Å². The van der Waals surface area contributed by atoms with Crippen LogP contribution in [-0.2, 0) is 4.79 Å². The van der Waals surface area contributed by atoms with E-state index in [1.165, 1.54) is 18.7 Å². The van der Waals surface area contributed by atoms with Gasteiger partial charge in [-0.1, -0.05) is 44.2 Å². The van der Waals surface area contributed by atoms with Crippen molar-refractivity contribution in [2.45, 2.75) is 26.2 Å². The molecule has 1 aromatic rings. The van der Waals surface area contributed by atoms with Crippen LogP contribution in [-0.4, -0.2) is 61.5 Å². The van der Waals surface area contributed by atoms with Crippen LogP contribution in [0.3, 0.4) is 0 Å². The van der Waals surface area contributed by atoms with E-state index in [2.05, 4.69) is 53.2 Å². The molecule has 1 amide bonds. The van der Waals surface area contributed by atoms with Gasteiger partial charge >= 0.3 is 0 Å². The molecular weight excluding hydrogens is 298 g/mol. The quantitative estimate of drug-likeness (QED) is 0.833. The molecule has 24 heavy (non-hydrogen) atoms. The van der Waals surface area contributed by atoms with E-state index in [0.29, 0.717) is 11.8 Å². The molecule has 1 saturated heterocycles. The second-order valence-electron chi connectivity index (χ2n) is 7.44. The van der Waals surface area contributed by atoms with E-state index >= 15 is 0 Å². The number of benzene rings is 1. The molecule has 3 unspecified atom stereocenters. The van der Waals surface area contributed by atoms with Crippen LogP contribution in [0.5, 0.6) is 0 Å². The molecule has 1 aliphatic heterocycles. The Kier molecular flexibility index (Phi) is 5.90. The molecule has 0 bridgehead atoms. The zero-order valence-corrected chi connectivity index (χ0v) is 15.1. The van der Waals surface area contributed by atoms with Crippen LogP contribution in [0.15, 0.2) is 30.3 Å². The Balaban J connectivity index is 1.35. The molecule has 2 fully saturated rings. The molecule has 4 heteroatoms. The summed E-state index contributed by atoms with van der Waals surface area (Å²) in [6.45, 7) is 12.2. The summed E-state index contributed by atoms with van der Waals surface area (Å²) in [6.07, 6.45) is 1.00. The number of rotatable bonds is 7. The standard InChI is InChI=1S/C20H31N3O/c1-3-22-9-11-23(12-10-22)15-16(2)14-21-20(24)19-13-18(19)17-7-5-4-6-8-17/h4-8,16,18-19H,3,9-15H2,1-2H3,(H,21,24). The average Bonchev–Trinajstić information content (AvgIpc) is 3.42. The van der Waals surface area contributed by atoms with Gasteiger partial charge in [0.2, 0.25) is 5.91 Å². The third-order valence-electron chi connectivity index (χ3n) is 5.46. The number of hydrogen-bond acceptors (Lipinski definition) is 3. The molecule has 3 atom stereocenters. The van der Waals surface area contributed by atoms with Crippen LogP contribution < -0.4 is 5.32 Å². The molecule has 1 N–H and O–H groups in total. The first-order chi connectivity index (χ1) is 11.7. The highest BCUT2D eigenvalue weighted by Gasteiger charge is 2.43. The maximum absolute atomic E-state index is 12.3. The Bertz CT molecular complexity index is 525. The van der Waals surface area contributed by atoms with Crippen LogP contribution in [0, 0.1) is 11.8 Å². The highest BCUT2D eigenvalue weighted by atomic mass is 16.2. The van der Waals surface area contributed by atoms with Gasteiger partial charge in [-0.2, -0.15) is 0 Å². The van der Waals surface area contributed by atoms with E-state index in [1.54, 1.807) is 0 Å². The number of amides is 1. The number of nitrogens with one attached hydrogen (secondary N) is 1. The molecule has 1 saturated carbocycles. The minimum absolute atomic E-state index is 0.188. The summed E-state index contributed by atoms with van der Waals surface area (Å²) in [5.74, 6) is 1.37. The minimum atomic E-state index is 0.188. The number of piperazine rings is 1. The molecule has 0 aromatic heterocycles. The third kappa shape index (κ3) is 4.58. The van der Waals surface area contributed by atoms with Gasteiger partial charge in [0.1, 0.15) is 0 Å². The fourth-order valence-electron chi connectivity index (χ4n) is 3.75. The predicted octanol–water partition coefficient (Wildman–Crippen LogP) is 2.18. The van der Waals surface area contributed by atoms with Gasteiger partial charge in [-0.25, -0.2) is 0 Å². The summed E-state index contributed by atoms with van der Waals surface area (Å²) >= 11 is 0. The van der Waals surface area contributed by atoms with E-state index in [1.807, 2.05) is 6.07 Å². The van der Waals surface area contributed by atoms with Gasteiger partial charge < -0.3 is 15.1 Å². The summed E-state index contributed by atoms with van der Waals surface area (Å²) in [4.78, 5) is 17.4. The van der Waals surface area contributed by atoms with E-state index in [-0.39, 0.29) is 11.8 Å². The van der Waals surface area contributed by atoms with E-state index in [9.17, 15) is 4.79 Å². The second-order valence-corrected chi connectivity index (χ2v) is 7.44. The summed E-state index contributed by atoms with van der Waals surface area (Å²) < 4.78 is 0. The SMILES string of the molecule is CCN1CCN(CC(C)CNC(=O)C2CC2c2ccccc2)CC1. The lowest BCUT2D eigenvalue weighted by atomic mass is 10.1. The van der Waals surface area contributed by atoms with Crippen LogP contribution in [0.25, 0.3) is 0 Å². The predicted molar refractivity (Wildman–Crippen MR) is 98.0 cm³/mol. The van der Waals surface area contributed by atoms with Crippen molar-refractivity contribution in [1.29, 1.82) is 0 Å². The van der Waals surface area contributed by atoms with Crippen molar-refractivity contribution in [2.24, 2.45) is 11.8 Å². The largest absolute Gasteiger partial charge is 0.356 e. The Morgan fingerprint density at radius 1 is 1.17 bits per heavy atom. The van der Waals surface area contributed by atoms with Gasteiger partial charge in [-0.3, -0.25) is 4.79 Å². The van der Waals surface area contributed by atoms with Gasteiger partial charge in [0.15, 0.2) is 0 Å². The first kappa shape index (κ1) is 17.4. The summed E-state index contributed by atoms with van der Waals surface area (Å²) in [7, 11) is 0. The molecule has 1 aliphatic carbocycles. The second kappa shape index (κ2) is 8.13. The van der Waals surface area contributed by atoms with Crippen LogP contribution >= 0.6 is 0 Å². The smallest absolute Gasteiger partial charge is 0.223 e. The van der Waals surface area contributed by atoms with Crippen LogP contribution in [0.4, 0.5) is 0 Å². The molecule has 132 valence electrons. The summed E-state index contributed by atoms with van der Waals surface area (Å²) in [6, 6.07) is 10.4. The Morgan fingerprint density at radius 3 is 2.50 bits per heavy atom. The molecule has 1 heterocycles. The number of carbonyl (C=O) groups excluding carboxylic acids is 1. The van der Waals surface area contributed by atoms with Gasteiger partial charge in [-0.05, 0) is 30.4 Å². The number of likely N-dealkylation sites (N-methyl/N-ethyl adjacent to an activating group) is 1. The number of carbonyl (C=O) groups is 1. The molecule has 1 aromatic carbocycles. The van der Waals surface area contributed by atoms with E-state index < -0.39 is 0 Å². The maximum atomic E-state index is 12.3. The van der Waals surface area contributed by atoms with Crippen molar-refractivity contribution >= 4 is 5.91 Å². The summed E-state index contributed by atoms with van der Waals surface area (Å²) in [5, 5.41) is 3.18. The summed E-state index contributed by atoms with van der Waals surface area (Å²) in [5.41, 5.74) is 1.31. The zero-order chi connectivity index (χ0) is 16.9. The molecule has 2 aliphatic rings. The molecule has 0 radical (unpaired) electrons. The van der Waals surface area contributed by atoms with E-state index in [4.69, 9.17) is 0 Å². The third-order valence-corrected chi connectivity index (χ3v) is 5.46. The first-order valence-corrected chi connectivity index (χ1v) is 9.44. The zero-order valence-electron chi connectivity index (χ0n) is 15.1. The van der Waals surface area contributed by atoms with Crippen molar-refractivity contribution < 1.29 is 4.79 Å². The Hall–Kier alpha value is -1.39. The fourth-order valence-corrected chi connectivity index (χ4v) is 3.75. The van der Waals surface area contributed by atoms with Gasteiger partial charge in [0.25, 0.3) is 0 Å². The van der Waals surface area contributed by atoms with Crippen molar-refractivity contribution in [3.05, 3.63) is 35.9 Å². The molecule has 4 nitrogen and oxygen atoms in total. The van der Waals surface area contributed by atoms with Gasteiger partial charge in [0.05, 0.1) is 0 Å². The van der Waals surface area contributed by atoms with Crippen molar-refractivity contribution in [1.82, 2.24) is 15.1 Å². The van der Waals surface area contributed by atoms with Crippen molar-refractivity contribution in [2.75, 3.05) is 45.8 Å². The highest BCUT2D eigenvalue weighted by molar-refractivity contribution is 5.82. The highest BCUT2D eigenvalue weighted by Crippen LogP contribution is 2.47. The topological polar surface area (TPSA) is 35.6 Å². The van der Waals surface area contributed by atoms with Gasteiger partial charge in [-0.15, -0.1) is 0 Å². The minimum Gasteiger partial charge on any atom is -0.356 e. The van der Waals surface area contributed by atoms with Crippen LogP contribution in [0.1, 0.15) is 31.7 Å². The van der Waals surface area contributed by atoms with Crippen molar-refractivity contribution in [3.8, 4) is 0 Å². The lowest BCUT2D eigenvalue weighted by molar-refractivity contribution is -0.122. The number of hydrogen-bond donors (Lipinski definition) is 1. The lowest BCUT2D eigenvalue weighted by Crippen LogP contribution is -2.48. The normalized spacial score (nSPS) is 26.1. The first-order valence-electron chi connectivity index (χ1n) is 9.44. The molecule has 3 rings (SSSR count). The van der Waals surface area contributed by atoms with Gasteiger partial charge in [0, 0.05) is 45.2 Å².